The van der Waals surface area contributed by atoms with E-state index in [2.05, 4.69) is 45.0 Å². The maximum absolute atomic E-state index is 6.73. The van der Waals surface area contributed by atoms with Crippen LogP contribution in [0.1, 0.15) is 57.6 Å². The van der Waals surface area contributed by atoms with Gasteiger partial charge in [0.1, 0.15) is 0 Å². The Labute approximate surface area is 112 Å². The van der Waals surface area contributed by atoms with Gasteiger partial charge in [-0.15, -0.1) is 0 Å². The molecule has 1 aromatic carbocycles. The van der Waals surface area contributed by atoms with Crippen LogP contribution in [0.25, 0.3) is 0 Å². The van der Waals surface area contributed by atoms with Crippen LogP contribution >= 0.6 is 0 Å². The minimum Gasteiger partial charge on any atom is -0.321 e. The number of nitrogens with two attached hydrogens (primary N) is 1. The highest BCUT2D eigenvalue weighted by molar-refractivity contribution is 5.30. The molecule has 0 saturated heterocycles. The van der Waals surface area contributed by atoms with Gasteiger partial charge >= 0.3 is 0 Å². The first-order valence-corrected chi connectivity index (χ1v) is 7.43. The monoisotopic (exact) mass is 245 g/mol. The average molecular weight is 245 g/mol. The predicted molar refractivity (Wildman–Crippen MR) is 78.5 cm³/mol. The van der Waals surface area contributed by atoms with Crippen molar-refractivity contribution < 1.29 is 0 Å². The van der Waals surface area contributed by atoms with Crippen molar-refractivity contribution in [3.05, 3.63) is 35.4 Å². The number of benzene rings is 1. The van der Waals surface area contributed by atoms with E-state index >= 15 is 0 Å². The Morgan fingerprint density at radius 2 is 2.17 bits per heavy atom. The third-order valence-electron chi connectivity index (χ3n) is 4.68. The Balaban J connectivity index is 2.23. The molecule has 0 amide bonds. The third kappa shape index (κ3) is 2.77. The summed E-state index contributed by atoms with van der Waals surface area (Å²) in [5.41, 5.74) is 9.41. The number of aryl methyl sites for hydroxylation is 1. The molecule has 1 aliphatic rings. The zero-order valence-electron chi connectivity index (χ0n) is 12.1. The molecule has 2 atom stereocenters. The van der Waals surface area contributed by atoms with Gasteiger partial charge in [0.05, 0.1) is 0 Å². The van der Waals surface area contributed by atoms with Crippen molar-refractivity contribution in [1.29, 1.82) is 0 Å². The van der Waals surface area contributed by atoms with Crippen molar-refractivity contribution in [1.82, 2.24) is 0 Å². The van der Waals surface area contributed by atoms with Crippen molar-refractivity contribution in [2.45, 2.75) is 58.4 Å². The van der Waals surface area contributed by atoms with Gasteiger partial charge in [-0.3, -0.25) is 0 Å². The molecule has 1 aliphatic carbocycles. The summed E-state index contributed by atoms with van der Waals surface area (Å²) in [5.74, 6) is 1.54. The first kappa shape index (κ1) is 13.6. The molecule has 0 spiro atoms. The van der Waals surface area contributed by atoms with E-state index in [0.29, 0.717) is 0 Å². The summed E-state index contributed by atoms with van der Waals surface area (Å²) in [5, 5.41) is 0. The molecular formula is C17H27N. The smallest absolute Gasteiger partial charge is 0.0412 e. The molecule has 100 valence electrons. The molecule has 0 heterocycles. The van der Waals surface area contributed by atoms with E-state index < -0.39 is 0 Å². The van der Waals surface area contributed by atoms with Gasteiger partial charge < -0.3 is 5.73 Å². The second-order valence-electron chi connectivity index (χ2n) is 6.31. The van der Waals surface area contributed by atoms with Gasteiger partial charge in [-0.05, 0) is 42.2 Å². The van der Waals surface area contributed by atoms with Crippen LogP contribution in [0.2, 0.25) is 0 Å². The Morgan fingerprint density at radius 1 is 1.39 bits per heavy atom. The van der Waals surface area contributed by atoms with Gasteiger partial charge in [0.25, 0.3) is 0 Å². The zero-order chi connectivity index (χ0) is 13.2. The summed E-state index contributed by atoms with van der Waals surface area (Å²) < 4.78 is 0. The largest absolute Gasteiger partial charge is 0.321 e. The minimum absolute atomic E-state index is 0.0850. The van der Waals surface area contributed by atoms with Crippen LogP contribution in [0.4, 0.5) is 0 Å². The molecule has 2 N–H and O–H groups in total. The van der Waals surface area contributed by atoms with Gasteiger partial charge in [-0.2, -0.15) is 0 Å². The fraction of sp³-hybridized carbons (Fsp3) is 0.647. The second kappa shape index (κ2) is 5.44. The Kier molecular flexibility index (Phi) is 4.11. The Hall–Kier alpha value is -0.820. The molecule has 0 aliphatic heterocycles. The van der Waals surface area contributed by atoms with E-state index in [1.165, 1.54) is 24.0 Å². The molecule has 0 bridgehead atoms. The molecule has 1 nitrogen and oxygen atoms in total. The predicted octanol–water partition coefficient (Wildman–Crippen LogP) is 4.25. The van der Waals surface area contributed by atoms with Crippen LogP contribution in [-0.2, 0) is 12.0 Å². The lowest BCUT2D eigenvalue weighted by molar-refractivity contribution is 0.184. The summed E-state index contributed by atoms with van der Waals surface area (Å²) in [4.78, 5) is 0. The normalized spacial score (nSPS) is 28.6. The summed E-state index contributed by atoms with van der Waals surface area (Å²) in [6, 6.07) is 8.92. The van der Waals surface area contributed by atoms with Gasteiger partial charge in [0.15, 0.2) is 0 Å². The minimum atomic E-state index is -0.0850. The summed E-state index contributed by atoms with van der Waals surface area (Å²) in [6.07, 6.45) is 6.01. The molecule has 1 fully saturated rings. The highest BCUT2D eigenvalue weighted by Crippen LogP contribution is 2.40. The fourth-order valence-corrected chi connectivity index (χ4v) is 3.28. The SMILES string of the molecule is CCc1cccc(C2(N)CCCC(C(C)C)C2)c1. The molecule has 2 unspecified atom stereocenters. The van der Waals surface area contributed by atoms with Crippen molar-refractivity contribution in [3.63, 3.8) is 0 Å². The third-order valence-corrected chi connectivity index (χ3v) is 4.68. The van der Waals surface area contributed by atoms with E-state index in [1.807, 2.05) is 0 Å². The van der Waals surface area contributed by atoms with Gasteiger partial charge in [0.2, 0.25) is 0 Å². The lowest BCUT2D eigenvalue weighted by Gasteiger charge is -2.40. The summed E-state index contributed by atoms with van der Waals surface area (Å²) >= 11 is 0. The Morgan fingerprint density at radius 3 is 2.83 bits per heavy atom. The van der Waals surface area contributed by atoms with Crippen LogP contribution in [0.3, 0.4) is 0 Å². The molecule has 18 heavy (non-hydrogen) atoms. The van der Waals surface area contributed by atoms with Crippen LogP contribution < -0.4 is 5.73 Å². The molecule has 2 rings (SSSR count). The lowest BCUT2D eigenvalue weighted by Crippen LogP contribution is -2.42. The van der Waals surface area contributed by atoms with Gasteiger partial charge in [0, 0.05) is 5.54 Å². The number of hydrogen-bond acceptors (Lipinski definition) is 1. The maximum atomic E-state index is 6.73. The fourth-order valence-electron chi connectivity index (χ4n) is 3.28. The first-order chi connectivity index (χ1) is 8.55. The van der Waals surface area contributed by atoms with Crippen molar-refractivity contribution in [2.24, 2.45) is 17.6 Å². The van der Waals surface area contributed by atoms with E-state index in [1.54, 1.807) is 0 Å². The van der Waals surface area contributed by atoms with E-state index in [9.17, 15) is 0 Å². The molecular weight excluding hydrogens is 218 g/mol. The standard InChI is InChI=1S/C17H27N/c1-4-14-7-5-9-16(11-14)17(18)10-6-8-15(12-17)13(2)3/h5,7,9,11,13,15H,4,6,8,10,12,18H2,1-3H3. The summed E-state index contributed by atoms with van der Waals surface area (Å²) in [7, 11) is 0. The molecule has 0 aromatic heterocycles. The van der Waals surface area contributed by atoms with Crippen LogP contribution in [-0.4, -0.2) is 0 Å². The molecule has 1 heteroatoms. The molecule has 1 saturated carbocycles. The maximum Gasteiger partial charge on any atom is 0.0412 e. The topological polar surface area (TPSA) is 26.0 Å². The number of hydrogen-bond donors (Lipinski definition) is 1. The first-order valence-electron chi connectivity index (χ1n) is 7.43. The van der Waals surface area contributed by atoms with Crippen molar-refractivity contribution >= 4 is 0 Å². The van der Waals surface area contributed by atoms with Crippen LogP contribution in [0.15, 0.2) is 24.3 Å². The molecule has 1 aromatic rings. The Bertz CT molecular complexity index is 396. The number of rotatable bonds is 3. The quantitative estimate of drug-likeness (QED) is 0.846. The highest BCUT2D eigenvalue weighted by atomic mass is 14.8. The lowest BCUT2D eigenvalue weighted by atomic mass is 9.69. The van der Waals surface area contributed by atoms with Crippen molar-refractivity contribution in [2.75, 3.05) is 0 Å². The average Bonchev–Trinajstić information content (AvgIpc) is 2.39. The second-order valence-corrected chi connectivity index (χ2v) is 6.31. The highest BCUT2D eigenvalue weighted by Gasteiger charge is 2.35. The van der Waals surface area contributed by atoms with E-state index in [4.69, 9.17) is 5.73 Å². The van der Waals surface area contributed by atoms with Crippen LogP contribution in [0.5, 0.6) is 0 Å². The van der Waals surface area contributed by atoms with Gasteiger partial charge in [-0.1, -0.05) is 57.9 Å². The summed E-state index contributed by atoms with van der Waals surface area (Å²) in [6.45, 7) is 6.87. The molecule has 0 radical (unpaired) electrons. The zero-order valence-corrected chi connectivity index (χ0v) is 12.1. The van der Waals surface area contributed by atoms with Gasteiger partial charge in [-0.25, -0.2) is 0 Å². The van der Waals surface area contributed by atoms with E-state index in [0.717, 1.165) is 31.1 Å². The van der Waals surface area contributed by atoms with Crippen molar-refractivity contribution in [3.8, 4) is 0 Å². The van der Waals surface area contributed by atoms with Crippen LogP contribution in [0, 0.1) is 11.8 Å². The van der Waals surface area contributed by atoms with E-state index in [-0.39, 0.29) is 5.54 Å².